The predicted molar refractivity (Wildman–Crippen MR) is 50.6 cm³/mol. The lowest BCUT2D eigenvalue weighted by Crippen LogP contribution is -2.20. The summed E-state index contributed by atoms with van der Waals surface area (Å²) < 4.78 is 25.5. The summed E-state index contributed by atoms with van der Waals surface area (Å²) in [5.41, 5.74) is 0.896. The third-order valence-electron chi connectivity index (χ3n) is 1.66. The Hall–Kier alpha value is -0.380. The molecule has 0 atom stereocenters. The zero-order valence-electron chi connectivity index (χ0n) is 7.13. The van der Waals surface area contributed by atoms with Crippen molar-refractivity contribution < 1.29 is 18.1 Å². The SMILES string of the molecule is O=P1(OCc2ccccc2)OC(Cl)O1. The van der Waals surface area contributed by atoms with E-state index in [-0.39, 0.29) is 6.61 Å². The Morgan fingerprint density at radius 1 is 1.36 bits per heavy atom. The molecule has 6 heteroatoms. The molecule has 1 saturated heterocycles. The average molecular weight is 235 g/mol. The Morgan fingerprint density at radius 2 is 2.00 bits per heavy atom. The van der Waals surface area contributed by atoms with Crippen LogP contribution in [0.3, 0.4) is 0 Å². The van der Waals surface area contributed by atoms with Gasteiger partial charge >= 0.3 is 7.82 Å². The minimum Gasteiger partial charge on any atom is -0.282 e. The molecule has 0 saturated carbocycles. The lowest BCUT2D eigenvalue weighted by Gasteiger charge is -2.29. The van der Waals surface area contributed by atoms with E-state index in [9.17, 15) is 4.57 Å². The second-order valence-corrected chi connectivity index (χ2v) is 4.62. The summed E-state index contributed by atoms with van der Waals surface area (Å²) in [6.07, 6.45) is 0. The zero-order valence-corrected chi connectivity index (χ0v) is 8.78. The minimum absolute atomic E-state index is 0.182. The van der Waals surface area contributed by atoms with E-state index >= 15 is 0 Å². The molecule has 0 radical (unpaired) electrons. The van der Waals surface area contributed by atoms with Gasteiger partial charge in [-0.1, -0.05) is 41.9 Å². The molecule has 0 amide bonds. The second kappa shape index (κ2) is 4.01. The summed E-state index contributed by atoms with van der Waals surface area (Å²) in [6, 6.07) is 9.31. The lowest BCUT2D eigenvalue weighted by atomic mass is 10.2. The van der Waals surface area contributed by atoms with Gasteiger partial charge in [0.1, 0.15) is 0 Å². The summed E-state index contributed by atoms with van der Waals surface area (Å²) in [5.74, 6) is -0.948. The van der Waals surface area contributed by atoms with Crippen LogP contribution in [0.5, 0.6) is 0 Å². The molecule has 4 nitrogen and oxygen atoms in total. The number of hydrogen-bond donors (Lipinski definition) is 0. The Bertz CT molecular complexity index is 346. The molecule has 0 aromatic heterocycles. The Balaban J connectivity index is 1.87. The Kier molecular flexibility index (Phi) is 2.91. The molecule has 1 aliphatic rings. The first-order valence-corrected chi connectivity index (χ1v) is 5.87. The van der Waals surface area contributed by atoms with Crippen molar-refractivity contribution in [2.45, 2.75) is 12.4 Å². The summed E-state index contributed by atoms with van der Waals surface area (Å²) in [4.78, 5) is 0. The molecular formula is C8H8ClO4P. The topological polar surface area (TPSA) is 44.8 Å². The highest BCUT2D eigenvalue weighted by atomic mass is 35.5. The molecule has 0 spiro atoms. The van der Waals surface area contributed by atoms with E-state index in [1.807, 2.05) is 30.3 Å². The van der Waals surface area contributed by atoms with Gasteiger partial charge in [0.05, 0.1) is 6.61 Å². The van der Waals surface area contributed by atoms with E-state index in [4.69, 9.17) is 16.1 Å². The van der Waals surface area contributed by atoms with E-state index < -0.39 is 13.6 Å². The average Bonchev–Trinajstić information content (AvgIpc) is 2.15. The van der Waals surface area contributed by atoms with Crippen molar-refractivity contribution in [3.05, 3.63) is 35.9 Å². The van der Waals surface area contributed by atoms with E-state index in [1.54, 1.807) is 0 Å². The van der Waals surface area contributed by atoms with Crippen molar-refractivity contribution in [3.8, 4) is 0 Å². The summed E-state index contributed by atoms with van der Waals surface area (Å²) in [7, 11) is -3.35. The van der Waals surface area contributed by atoms with Crippen molar-refractivity contribution in [3.63, 3.8) is 0 Å². The molecule has 2 rings (SSSR count). The maximum Gasteiger partial charge on any atom is 0.481 e. The second-order valence-electron chi connectivity index (χ2n) is 2.69. The van der Waals surface area contributed by atoms with Crippen molar-refractivity contribution >= 4 is 19.4 Å². The molecule has 1 fully saturated rings. The summed E-state index contributed by atoms with van der Waals surface area (Å²) in [6.45, 7) is 0.182. The van der Waals surface area contributed by atoms with Gasteiger partial charge in [-0.25, -0.2) is 13.6 Å². The number of alkyl halides is 1. The highest BCUT2D eigenvalue weighted by Gasteiger charge is 2.43. The normalized spacial score (nSPS) is 31.1. The fraction of sp³-hybridized carbons (Fsp3) is 0.250. The van der Waals surface area contributed by atoms with Gasteiger partial charge in [-0.2, -0.15) is 0 Å². The van der Waals surface area contributed by atoms with Gasteiger partial charge < -0.3 is 0 Å². The predicted octanol–water partition coefficient (Wildman–Crippen LogP) is 2.88. The van der Waals surface area contributed by atoms with Crippen molar-refractivity contribution in [2.75, 3.05) is 0 Å². The molecule has 0 N–H and O–H groups in total. The van der Waals surface area contributed by atoms with Gasteiger partial charge in [0.2, 0.25) is 0 Å². The van der Waals surface area contributed by atoms with Crippen LogP contribution in [0.2, 0.25) is 0 Å². The minimum atomic E-state index is -3.35. The smallest absolute Gasteiger partial charge is 0.282 e. The first-order chi connectivity index (χ1) is 6.68. The van der Waals surface area contributed by atoms with Crippen LogP contribution in [-0.2, 0) is 24.7 Å². The van der Waals surface area contributed by atoms with Gasteiger partial charge in [-0.3, -0.25) is 4.52 Å². The third-order valence-corrected chi connectivity index (χ3v) is 3.43. The highest BCUT2D eigenvalue weighted by Crippen LogP contribution is 2.61. The monoisotopic (exact) mass is 234 g/mol. The van der Waals surface area contributed by atoms with E-state index in [1.165, 1.54) is 0 Å². The molecular weight excluding hydrogens is 227 g/mol. The molecule has 0 aliphatic carbocycles. The third kappa shape index (κ3) is 2.35. The Labute approximate surface area is 86.3 Å². The standard InChI is InChI=1S/C8H8ClO4P/c9-8-12-14(10,13-8)11-6-7-4-2-1-3-5-7/h1-5,8H,6H2. The van der Waals surface area contributed by atoms with Gasteiger partial charge in [0.25, 0.3) is 5.75 Å². The number of rotatable bonds is 3. The number of phosphoric ester groups is 1. The van der Waals surface area contributed by atoms with Gasteiger partial charge in [0.15, 0.2) is 0 Å². The molecule has 14 heavy (non-hydrogen) atoms. The van der Waals surface area contributed by atoms with Crippen LogP contribution in [0.4, 0.5) is 0 Å². The van der Waals surface area contributed by atoms with E-state index in [0.717, 1.165) is 5.56 Å². The maximum absolute atomic E-state index is 11.3. The number of phosphoric acid groups is 1. The van der Waals surface area contributed by atoms with Crippen molar-refractivity contribution in [1.82, 2.24) is 0 Å². The van der Waals surface area contributed by atoms with Gasteiger partial charge in [0, 0.05) is 0 Å². The van der Waals surface area contributed by atoms with Gasteiger partial charge in [-0.05, 0) is 5.56 Å². The molecule has 1 heterocycles. The molecule has 76 valence electrons. The van der Waals surface area contributed by atoms with Crippen LogP contribution in [-0.4, -0.2) is 5.75 Å². The fourth-order valence-corrected chi connectivity index (χ4v) is 2.44. The number of benzene rings is 1. The van der Waals surface area contributed by atoms with Crippen LogP contribution in [0.1, 0.15) is 5.56 Å². The van der Waals surface area contributed by atoms with Crippen LogP contribution < -0.4 is 0 Å². The lowest BCUT2D eigenvalue weighted by molar-refractivity contribution is -0.0753. The summed E-state index contributed by atoms with van der Waals surface area (Å²) in [5, 5.41) is 0. The molecule has 1 aromatic carbocycles. The number of hydrogen-bond acceptors (Lipinski definition) is 4. The van der Waals surface area contributed by atoms with E-state index in [2.05, 4.69) is 9.05 Å². The van der Waals surface area contributed by atoms with Gasteiger partial charge in [-0.15, -0.1) is 0 Å². The molecule has 1 aromatic rings. The fourth-order valence-electron chi connectivity index (χ4n) is 1.000. The van der Waals surface area contributed by atoms with Crippen molar-refractivity contribution in [1.29, 1.82) is 0 Å². The van der Waals surface area contributed by atoms with Crippen LogP contribution in [0.15, 0.2) is 30.3 Å². The molecule has 0 unspecified atom stereocenters. The van der Waals surface area contributed by atoms with Crippen LogP contribution in [0.25, 0.3) is 0 Å². The molecule has 1 aliphatic heterocycles. The number of halogens is 1. The summed E-state index contributed by atoms with van der Waals surface area (Å²) >= 11 is 5.32. The first kappa shape index (κ1) is 10.1. The van der Waals surface area contributed by atoms with Crippen LogP contribution in [0, 0.1) is 0 Å². The largest absolute Gasteiger partial charge is 0.481 e. The quantitative estimate of drug-likeness (QED) is 0.596. The highest BCUT2D eigenvalue weighted by molar-refractivity contribution is 7.49. The van der Waals surface area contributed by atoms with E-state index in [0.29, 0.717) is 0 Å². The van der Waals surface area contributed by atoms with Crippen LogP contribution >= 0.6 is 19.4 Å². The first-order valence-electron chi connectivity index (χ1n) is 3.97. The Morgan fingerprint density at radius 3 is 2.57 bits per heavy atom. The molecule has 0 bridgehead atoms. The zero-order chi connectivity index (χ0) is 10.0. The van der Waals surface area contributed by atoms with Crippen molar-refractivity contribution in [2.24, 2.45) is 0 Å². The maximum atomic E-state index is 11.3.